The predicted octanol–water partition coefficient (Wildman–Crippen LogP) is 3.01. The fourth-order valence-corrected chi connectivity index (χ4v) is 3.75. The summed E-state index contributed by atoms with van der Waals surface area (Å²) in [5, 5.41) is 3.77. The molecular weight excluding hydrogens is 260 g/mol. The molecule has 0 amide bonds. The molecule has 21 heavy (non-hydrogen) atoms. The van der Waals surface area contributed by atoms with Crippen molar-refractivity contribution >= 4 is 5.95 Å². The van der Waals surface area contributed by atoms with Crippen LogP contribution in [0.2, 0.25) is 0 Å². The number of nitrogens with one attached hydrogen (secondary N) is 1. The first-order chi connectivity index (χ1) is 10.4. The second kappa shape index (κ2) is 7.74. The first-order valence-corrected chi connectivity index (χ1v) is 8.67. The van der Waals surface area contributed by atoms with E-state index in [1.54, 1.807) is 0 Å². The highest BCUT2D eigenvalue weighted by Crippen LogP contribution is 2.26. The van der Waals surface area contributed by atoms with E-state index < -0.39 is 0 Å². The summed E-state index contributed by atoms with van der Waals surface area (Å²) in [6.07, 6.45) is 14.8. The number of rotatable bonds is 5. The lowest BCUT2D eigenvalue weighted by molar-refractivity contribution is 0.320. The van der Waals surface area contributed by atoms with Crippen molar-refractivity contribution in [3.8, 4) is 0 Å². The number of aromatic nitrogens is 2. The second-order valence-corrected chi connectivity index (χ2v) is 6.58. The molecule has 1 unspecified atom stereocenters. The van der Waals surface area contributed by atoms with Crippen molar-refractivity contribution in [3.05, 3.63) is 18.5 Å². The van der Waals surface area contributed by atoms with Gasteiger partial charge in [0, 0.05) is 31.5 Å². The highest BCUT2D eigenvalue weighted by molar-refractivity contribution is 5.29. The maximum atomic E-state index is 4.38. The topological polar surface area (TPSA) is 41.1 Å². The van der Waals surface area contributed by atoms with Gasteiger partial charge in [0.15, 0.2) is 0 Å². The van der Waals surface area contributed by atoms with Crippen molar-refractivity contribution in [2.24, 2.45) is 5.92 Å². The zero-order chi connectivity index (χ0) is 14.3. The number of piperidine rings is 1. The first-order valence-electron chi connectivity index (χ1n) is 8.67. The Hall–Kier alpha value is -1.16. The van der Waals surface area contributed by atoms with Crippen LogP contribution in [0.15, 0.2) is 18.5 Å². The van der Waals surface area contributed by atoms with Crippen LogP contribution >= 0.6 is 0 Å². The average molecular weight is 288 g/mol. The number of nitrogens with zero attached hydrogens (tertiary/aromatic N) is 3. The quantitative estimate of drug-likeness (QED) is 0.904. The monoisotopic (exact) mass is 288 g/mol. The molecule has 2 fully saturated rings. The van der Waals surface area contributed by atoms with Crippen LogP contribution in [0.25, 0.3) is 0 Å². The van der Waals surface area contributed by atoms with Gasteiger partial charge in [0.25, 0.3) is 0 Å². The standard InChI is InChI=1S/C17H28N4/c1-2-6-15(7-3-1)9-12-18-16-8-4-13-21(14-16)17-19-10-5-11-20-17/h5,10-11,15-16,18H,1-4,6-9,12-14H2. The minimum Gasteiger partial charge on any atom is -0.339 e. The van der Waals surface area contributed by atoms with E-state index in [4.69, 9.17) is 0 Å². The fraction of sp³-hybridized carbons (Fsp3) is 0.765. The molecule has 116 valence electrons. The van der Waals surface area contributed by atoms with Crippen LogP contribution < -0.4 is 10.2 Å². The molecule has 1 N–H and O–H groups in total. The molecule has 4 heteroatoms. The largest absolute Gasteiger partial charge is 0.339 e. The molecule has 1 saturated carbocycles. The molecule has 2 aliphatic rings. The molecule has 1 aliphatic carbocycles. The van der Waals surface area contributed by atoms with Crippen LogP contribution in [0, 0.1) is 5.92 Å². The molecule has 1 aromatic rings. The molecular formula is C17H28N4. The van der Waals surface area contributed by atoms with E-state index >= 15 is 0 Å². The van der Waals surface area contributed by atoms with Crippen molar-refractivity contribution in [1.82, 2.24) is 15.3 Å². The summed E-state index contributed by atoms with van der Waals surface area (Å²) in [6, 6.07) is 2.49. The van der Waals surface area contributed by atoms with E-state index in [9.17, 15) is 0 Å². The van der Waals surface area contributed by atoms with Gasteiger partial charge in [-0.05, 0) is 37.8 Å². The maximum Gasteiger partial charge on any atom is 0.225 e. The molecule has 1 aromatic heterocycles. The SMILES string of the molecule is c1cnc(N2CCCC(NCCC3CCCCC3)C2)nc1. The smallest absolute Gasteiger partial charge is 0.225 e. The third kappa shape index (κ3) is 4.40. The van der Waals surface area contributed by atoms with Crippen LogP contribution in [-0.2, 0) is 0 Å². The van der Waals surface area contributed by atoms with Crippen LogP contribution in [0.1, 0.15) is 51.4 Å². The lowest BCUT2D eigenvalue weighted by Crippen LogP contribution is -2.46. The minimum atomic E-state index is 0.603. The second-order valence-electron chi connectivity index (χ2n) is 6.58. The molecule has 1 saturated heterocycles. The lowest BCUT2D eigenvalue weighted by Gasteiger charge is -2.33. The van der Waals surface area contributed by atoms with Gasteiger partial charge in [0.05, 0.1) is 0 Å². The van der Waals surface area contributed by atoms with Crippen molar-refractivity contribution in [2.45, 2.75) is 57.4 Å². The Kier molecular flexibility index (Phi) is 5.44. The zero-order valence-electron chi connectivity index (χ0n) is 13.0. The summed E-state index contributed by atoms with van der Waals surface area (Å²) in [5.41, 5.74) is 0. The Morgan fingerprint density at radius 2 is 1.86 bits per heavy atom. The summed E-state index contributed by atoms with van der Waals surface area (Å²) >= 11 is 0. The normalized spacial score (nSPS) is 24.2. The molecule has 2 heterocycles. The maximum absolute atomic E-state index is 4.38. The highest BCUT2D eigenvalue weighted by atomic mass is 15.3. The summed E-state index contributed by atoms with van der Waals surface area (Å²) < 4.78 is 0. The van der Waals surface area contributed by atoms with E-state index in [0.717, 1.165) is 25.0 Å². The zero-order valence-corrected chi connectivity index (χ0v) is 13.0. The summed E-state index contributed by atoms with van der Waals surface area (Å²) in [4.78, 5) is 11.1. The highest BCUT2D eigenvalue weighted by Gasteiger charge is 2.21. The third-order valence-corrected chi connectivity index (χ3v) is 4.97. The summed E-state index contributed by atoms with van der Waals surface area (Å²) in [7, 11) is 0. The van der Waals surface area contributed by atoms with Gasteiger partial charge < -0.3 is 10.2 Å². The van der Waals surface area contributed by atoms with Gasteiger partial charge in [-0.1, -0.05) is 32.1 Å². The Balaban J connectivity index is 1.41. The molecule has 0 spiro atoms. The average Bonchev–Trinajstić information content (AvgIpc) is 2.57. The van der Waals surface area contributed by atoms with Gasteiger partial charge in [-0.25, -0.2) is 9.97 Å². The van der Waals surface area contributed by atoms with E-state index in [2.05, 4.69) is 20.2 Å². The van der Waals surface area contributed by atoms with Gasteiger partial charge >= 0.3 is 0 Å². The van der Waals surface area contributed by atoms with Gasteiger partial charge in [-0.2, -0.15) is 0 Å². The van der Waals surface area contributed by atoms with Crippen molar-refractivity contribution in [3.63, 3.8) is 0 Å². The summed E-state index contributed by atoms with van der Waals surface area (Å²) in [5.74, 6) is 1.86. The van der Waals surface area contributed by atoms with Crippen molar-refractivity contribution < 1.29 is 0 Å². The number of anilines is 1. The van der Waals surface area contributed by atoms with Crippen molar-refractivity contribution in [1.29, 1.82) is 0 Å². The van der Waals surface area contributed by atoms with E-state index in [-0.39, 0.29) is 0 Å². The number of hydrogen-bond donors (Lipinski definition) is 1. The third-order valence-electron chi connectivity index (χ3n) is 4.97. The molecule has 1 aliphatic heterocycles. The Bertz CT molecular complexity index is 403. The number of hydrogen-bond acceptors (Lipinski definition) is 4. The predicted molar refractivity (Wildman–Crippen MR) is 86.5 cm³/mol. The fourth-order valence-electron chi connectivity index (χ4n) is 3.75. The Morgan fingerprint density at radius 1 is 1.05 bits per heavy atom. The van der Waals surface area contributed by atoms with Gasteiger partial charge in [-0.15, -0.1) is 0 Å². The van der Waals surface area contributed by atoms with Gasteiger partial charge in [0.2, 0.25) is 5.95 Å². The van der Waals surface area contributed by atoms with Gasteiger partial charge in [0.1, 0.15) is 0 Å². The van der Waals surface area contributed by atoms with Crippen LogP contribution in [-0.4, -0.2) is 35.6 Å². The van der Waals surface area contributed by atoms with Gasteiger partial charge in [-0.3, -0.25) is 0 Å². The molecule has 1 atom stereocenters. The minimum absolute atomic E-state index is 0.603. The molecule has 0 aromatic carbocycles. The molecule has 4 nitrogen and oxygen atoms in total. The van der Waals surface area contributed by atoms with E-state index in [1.807, 2.05) is 18.5 Å². The summed E-state index contributed by atoms with van der Waals surface area (Å²) in [6.45, 7) is 3.32. The molecule has 3 rings (SSSR count). The first kappa shape index (κ1) is 14.8. The lowest BCUT2D eigenvalue weighted by atomic mass is 9.87. The van der Waals surface area contributed by atoms with Crippen molar-refractivity contribution in [2.75, 3.05) is 24.5 Å². The van der Waals surface area contributed by atoms with E-state index in [0.29, 0.717) is 6.04 Å². The Morgan fingerprint density at radius 3 is 2.67 bits per heavy atom. The van der Waals surface area contributed by atoms with Crippen LogP contribution in [0.3, 0.4) is 0 Å². The van der Waals surface area contributed by atoms with E-state index in [1.165, 1.54) is 57.9 Å². The van der Waals surface area contributed by atoms with Crippen LogP contribution in [0.4, 0.5) is 5.95 Å². The Labute approximate surface area is 128 Å². The molecule has 0 bridgehead atoms. The molecule has 0 radical (unpaired) electrons. The van der Waals surface area contributed by atoms with Crippen LogP contribution in [0.5, 0.6) is 0 Å².